The number of rotatable bonds is 1. The van der Waals surface area contributed by atoms with Gasteiger partial charge in [0.15, 0.2) is 0 Å². The van der Waals surface area contributed by atoms with Crippen LogP contribution in [0.5, 0.6) is 0 Å². The molecule has 0 atom stereocenters. The number of fused-ring (bicyclic) bond motifs is 9. The first-order valence-electron chi connectivity index (χ1n) is 12.1. The van der Waals surface area contributed by atoms with E-state index in [9.17, 15) is 0 Å². The second-order valence-electron chi connectivity index (χ2n) is 9.43. The zero-order valence-electron chi connectivity index (χ0n) is 19.1. The molecule has 36 heavy (non-hydrogen) atoms. The number of hydrogen-bond acceptors (Lipinski definition) is 3. The summed E-state index contributed by atoms with van der Waals surface area (Å²) in [5.41, 5.74) is 7.42. The van der Waals surface area contributed by atoms with Gasteiger partial charge in [0, 0.05) is 50.3 Å². The Morgan fingerprint density at radius 3 is 2.08 bits per heavy atom. The molecule has 0 spiro atoms. The quantitative estimate of drug-likeness (QED) is 0.183. The third kappa shape index (κ3) is 2.07. The van der Waals surface area contributed by atoms with Gasteiger partial charge in [0.05, 0.1) is 28.9 Å². The fourth-order valence-electron chi connectivity index (χ4n) is 6.33. The summed E-state index contributed by atoms with van der Waals surface area (Å²) in [6, 6.07) is 27.7. The van der Waals surface area contributed by atoms with Crippen LogP contribution in [-0.2, 0) is 0 Å². The number of hydrogen-bond donors (Lipinski definition) is 0. The second-order valence-corrected chi connectivity index (χ2v) is 9.43. The van der Waals surface area contributed by atoms with E-state index in [0.717, 1.165) is 49.5 Å². The van der Waals surface area contributed by atoms with E-state index < -0.39 is 0 Å². The molecule has 166 valence electrons. The molecule has 5 heterocycles. The van der Waals surface area contributed by atoms with Crippen LogP contribution in [0.1, 0.15) is 0 Å². The maximum Gasteiger partial charge on any atom is 0.144 e. The van der Waals surface area contributed by atoms with Gasteiger partial charge in [-0.05, 0) is 34.5 Å². The normalized spacial score (nSPS) is 12.4. The number of aromatic nitrogens is 3. The molecule has 0 unspecified atom stereocenters. The van der Waals surface area contributed by atoms with Gasteiger partial charge in [0.25, 0.3) is 0 Å². The molecule has 4 nitrogen and oxygen atoms in total. The van der Waals surface area contributed by atoms with Crippen LogP contribution in [0, 0.1) is 0 Å². The van der Waals surface area contributed by atoms with Gasteiger partial charge in [0.2, 0.25) is 0 Å². The van der Waals surface area contributed by atoms with E-state index in [4.69, 9.17) is 4.42 Å². The molecule has 0 aliphatic heterocycles. The maximum atomic E-state index is 6.90. The zero-order chi connectivity index (χ0) is 23.4. The Bertz CT molecular complexity index is 2300. The molecule has 0 saturated carbocycles. The van der Waals surface area contributed by atoms with E-state index in [-0.39, 0.29) is 0 Å². The maximum absolute atomic E-state index is 6.90. The molecule has 4 heteroatoms. The predicted octanol–water partition coefficient (Wildman–Crippen LogP) is 8.35. The molecule has 5 aromatic heterocycles. The summed E-state index contributed by atoms with van der Waals surface area (Å²) < 4.78 is 9.24. The van der Waals surface area contributed by atoms with E-state index in [2.05, 4.69) is 93.2 Å². The molecule has 0 aliphatic rings. The molecule has 9 aromatic rings. The number of pyridine rings is 2. The first kappa shape index (κ1) is 18.4. The molecular formula is C32H17N3O. The largest absolute Gasteiger partial charge is 0.455 e. The van der Waals surface area contributed by atoms with Crippen LogP contribution < -0.4 is 0 Å². The van der Waals surface area contributed by atoms with Crippen LogP contribution in [0.2, 0.25) is 0 Å². The van der Waals surface area contributed by atoms with Gasteiger partial charge in [-0.2, -0.15) is 0 Å². The van der Waals surface area contributed by atoms with Crippen molar-refractivity contribution >= 4 is 70.8 Å². The molecule has 0 radical (unpaired) electrons. The lowest BCUT2D eigenvalue weighted by Crippen LogP contribution is -1.89. The first-order valence-corrected chi connectivity index (χ1v) is 12.1. The van der Waals surface area contributed by atoms with Gasteiger partial charge in [-0.15, -0.1) is 0 Å². The molecule has 0 bridgehead atoms. The van der Waals surface area contributed by atoms with E-state index in [1.807, 2.05) is 24.8 Å². The van der Waals surface area contributed by atoms with E-state index in [1.165, 1.54) is 32.4 Å². The molecule has 0 fully saturated rings. The molecule has 4 aromatic carbocycles. The predicted molar refractivity (Wildman–Crippen MR) is 147 cm³/mol. The average molecular weight is 460 g/mol. The van der Waals surface area contributed by atoms with Crippen molar-refractivity contribution in [3.8, 4) is 11.1 Å². The average Bonchev–Trinajstić information content (AvgIpc) is 3.45. The topological polar surface area (TPSA) is 43.3 Å². The van der Waals surface area contributed by atoms with E-state index >= 15 is 0 Å². The van der Waals surface area contributed by atoms with Gasteiger partial charge < -0.3 is 8.82 Å². The summed E-state index contributed by atoms with van der Waals surface area (Å²) in [5, 5.41) is 9.43. The van der Waals surface area contributed by atoms with Gasteiger partial charge in [0.1, 0.15) is 11.2 Å². The lowest BCUT2D eigenvalue weighted by Gasteiger charge is -2.15. The molecule has 0 amide bonds. The zero-order valence-corrected chi connectivity index (χ0v) is 19.1. The summed E-state index contributed by atoms with van der Waals surface area (Å²) >= 11 is 0. The Balaban J connectivity index is 1.75. The van der Waals surface area contributed by atoms with Crippen molar-refractivity contribution in [2.75, 3.05) is 0 Å². The number of nitrogens with zero attached hydrogens (tertiary/aromatic N) is 3. The van der Waals surface area contributed by atoms with Gasteiger partial charge in [-0.1, -0.05) is 60.7 Å². The van der Waals surface area contributed by atoms with Gasteiger partial charge in [-0.25, -0.2) is 0 Å². The highest BCUT2D eigenvalue weighted by Gasteiger charge is 2.27. The minimum Gasteiger partial charge on any atom is -0.455 e. The monoisotopic (exact) mass is 459 g/mol. The van der Waals surface area contributed by atoms with Crippen molar-refractivity contribution in [1.29, 1.82) is 0 Å². The van der Waals surface area contributed by atoms with Crippen LogP contribution >= 0.6 is 0 Å². The summed E-state index contributed by atoms with van der Waals surface area (Å²) in [6.45, 7) is 0. The fourth-order valence-corrected chi connectivity index (χ4v) is 6.33. The van der Waals surface area contributed by atoms with Crippen LogP contribution in [0.15, 0.2) is 108 Å². The van der Waals surface area contributed by atoms with Crippen LogP contribution in [0.4, 0.5) is 0 Å². The lowest BCUT2D eigenvalue weighted by atomic mass is 9.91. The Morgan fingerprint density at radius 2 is 1.31 bits per heavy atom. The summed E-state index contributed by atoms with van der Waals surface area (Å²) in [7, 11) is 0. The van der Waals surface area contributed by atoms with Crippen molar-refractivity contribution in [3.63, 3.8) is 0 Å². The van der Waals surface area contributed by atoms with Crippen LogP contribution in [0.3, 0.4) is 0 Å². The van der Waals surface area contributed by atoms with Gasteiger partial charge >= 0.3 is 0 Å². The van der Waals surface area contributed by atoms with Crippen LogP contribution in [-0.4, -0.2) is 14.4 Å². The molecule has 0 N–H and O–H groups in total. The van der Waals surface area contributed by atoms with Crippen molar-refractivity contribution in [1.82, 2.24) is 14.4 Å². The Labute approximate surface area is 204 Å². The van der Waals surface area contributed by atoms with Crippen molar-refractivity contribution in [2.45, 2.75) is 0 Å². The summed E-state index contributed by atoms with van der Waals surface area (Å²) in [4.78, 5) is 9.01. The van der Waals surface area contributed by atoms with Crippen LogP contribution in [0.25, 0.3) is 81.9 Å². The molecule has 0 aliphatic carbocycles. The summed E-state index contributed by atoms with van der Waals surface area (Å²) in [5.74, 6) is 0. The first-order chi connectivity index (χ1) is 17.9. The highest BCUT2D eigenvalue weighted by atomic mass is 16.3. The smallest absolute Gasteiger partial charge is 0.144 e. The van der Waals surface area contributed by atoms with Crippen molar-refractivity contribution < 1.29 is 4.42 Å². The van der Waals surface area contributed by atoms with E-state index in [0.29, 0.717) is 0 Å². The minimum absolute atomic E-state index is 0.901. The Kier molecular flexibility index (Phi) is 3.25. The highest BCUT2D eigenvalue weighted by molar-refractivity contribution is 6.39. The molecular weight excluding hydrogens is 442 g/mol. The second kappa shape index (κ2) is 6.37. The number of benzene rings is 4. The standard InChI is InChI=1S/C32H17N3O/c1-2-6-19(7-3-1)27-28-20-12-14-33-16-23(20)35-24-17-34-15-13-21(24)29(31(28)35)30-22-10-4-8-18-9-5-11-25(26(18)22)36-32(27)30/h1-17H. The third-order valence-electron chi connectivity index (χ3n) is 7.68. The highest BCUT2D eigenvalue weighted by Crippen LogP contribution is 2.50. The van der Waals surface area contributed by atoms with E-state index in [1.54, 1.807) is 0 Å². The lowest BCUT2D eigenvalue weighted by molar-refractivity contribution is 0.664. The van der Waals surface area contributed by atoms with Gasteiger partial charge in [-0.3, -0.25) is 9.97 Å². The minimum atomic E-state index is 0.901. The van der Waals surface area contributed by atoms with Crippen molar-refractivity contribution in [3.05, 3.63) is 104 Å². The molecule has 9 rings (SSSR count). The summed E-state index contributed by atoms with van der Waals surface area (Å²) in [6.07, 6.45) is 7.69. The fraction of sp³-hybridized carbons (Fsp3) is 0. The Hall–Kier alpha value is -4.96. The Morgan fingerprint density at radius 1 is 0.583 bits per heavy atom. The van der Waals surface area contributed by atoms with Crippen molar-refractivity contribution in [2.24, 2.45) is 0 Å². The SMILES string of the molecule is c1ccc(-c2c3oc4cccc5cccc(c54)c3c3c4ccncc4n4c5cnccc5c2c34)cc1. The molecule has 0 saturated heterocycles. The third-order valence-corrected chi connectivity index (χ3v) is 7.68.